The van der Waals surface area contributed by atoms with Crippen LogP contribution in [-0.2, 0) is 4.79 Å². The Balaban J connectivity index is 2.69. The van der Waals surface area contributed by atoms with Gasteiger partial charge in [0.05, 0.1) is 5.92 Å². The van der Waals surface area contributed by atoms with Crippen LogP contribution in [0.4, 0.5) is 5.69 Å². The summed E-state index contributed by atoms with van der Waals surface area (Å²) in [5.74, 6) is 1.51. The van der Waals surface area contributed by atoms with Crippen molar-refractivity contribution in [2.24, 2.45) is 5.92 Å². The van der Waals surface area contributed by atoms with Crippen molar-refractivity contribution in [2.45, 2.75) is 33.1 Å². The minimum absolute atomic E-state index is 0.0197. The Hall–Kier alpha value is -0.930. The fraction of sp³-hybridized carbons (Fsp3) is 0.588. The van der Waals surface area contributed by atoms with Crippen LogP contribution >= 0.6 is 23.2 Å². The van der Waals surface area contributed by atoms with Gasteiger partial charge in [-0.3, -0.25) is 4.79 Å². The van der Waals surface area contributed by atoms with Crippen LogP contribution in [0.3, 0.4) is 0 Å². The molecule has 0 radical (unpaired) electrons. The molecular weight excluding hydrogens is 321 g/mol. The van der Waals surface area contributed by atoms with E-state index < -0.39 is 0 Å². The zero-order valence-electron chi connectivity index (χ0n) is 13.4. The third-order valence-electron chi connectivity index (χ3n) is 3.59. The van der Waals surface area contributed by atoms with Gasteiger partial charge in [-0.2, -0.15) is 0 Å². The second kappa shape index (κ2) is 10.7. The predicted octanol–water partition coefficient (Wildman–Crippen LogP) is 4.70. The number of anilines is 1. The number of nitrogens with zero attached hydrogens (tertiary/aromatic N) is 1. The first-order chi connectivity index (χ1) is 10.7. The van der Waals surface area contributed by atoms with Crippen LogP contribution in [0.2, 0.25) is 0 Å². The molecule has 1 aromatic rings. The van der Waals surface area contributed by atoms with Crippen molar-refractivity contribution in [3.05, 3.63) is 24.3 Å². The number of halogens is 2. The smallest absolute Gasteiger partial charge is 0.314 e. The Bertz CT molecular complexity index is 431. The Morgan fingerprint density at radius 2 is 1.73 bits per heavy atom. The highest BCUT2D eigenvalue weighted by atomic mass is 35.5. The van der Waals surface area contributed by atoms with Crippen LogP contribution < -0.4 is 9.64 Å². The number of rotatable bonds is 10. The van der Waals surface area contributed by atoms with E-state index in [9.17, 15) is 4.79 Å². The van der Waals surface area contributed by atoms with E-state index in [4.69, 9.17) is 27.9 Å². The maximum Gasteiger partial charge on any atom is 0.314 e. The first-order valence-corrected chi connectivity index (χ1v) is 8.91. The normalized spacial score (nSPS) is 12.0. The molecule has 1 unspecified atom stereocenters. The Labute approximate surface area is 143 Å². The van der Waals surface area contributed by atoms with E-state index in [-0.39, 0.29) is 11.9 Å². The molecule has 0 amide bonds. The van der Waals surface area contributed by atoms with Crippen LogP contribution in [-0.4, -0.2) is 30.8 Å². The summed E-state index contributed by atoms with van der Waals surface area (Å²) in [6.07, 6.45) is 2.66. The molecule has 0 spiro atoms. The van der Waals surface area contributed by atoms with Crippen molar-refractivity contribution < 1.29 is 9.53 Å². The molecule has 22 heavy (non-hydrogen) atoms. The van der Waals surface area contributed by atoms with E-state index in [0.717, 1.165) is 38.0 Å². The van der Waals surface area contributed by atoms with Gasteiger partial charge in [-0.1, -0.05) is 20.3 Å². The number of hydrogen-bond donors (Lipinski definition) is 0. The molecule has 0 heterocycles. The highest BCUT2D eigenvalue weighted by Gasteiger charge is 2.17. The van der Waals surface area contributed by atoms with Gasteiger partial charge in [-0.25, -0.2) is 0 Å². The van der Waals surface area contributed by atoms with Gasteiger partial charge in [0.15, 0.2) is 0 Å². The SMILES string of the molecule is CCCC(CC)C(=O)Oc1ccc(N(CCCl)CCCl)cc1. The molecule has 3 nitrogen and oxygen atoms in total. The lowest BCUT2D eigenvalue weighted by atomic mass is 10.0. The summed E-state index contributed by atoms with van der Waals surface area (Å²) in [7, 11) is 0. The zero-order valence-corrected chi connectivity index (χ0v) is 14.9. The number of ether oxygens (including phenoxy) is 1. The molecule has 0 saturated heterocycles. The lowest BCUT2D eigenvalue weighted by molar-refractivity contribution is -0.139. The summed E-state index contributed by atoms with van der Waals surface area (Å²) in [5, 5.41) is 0. The number of carbonyl (C=O) groups excluding carboxylic acids is 1. The van der Waals surface area contributed by atoms with Crippen molar-refractivity contribution in [3.8, 4) is 5.75 Å². The van der Waals surface area contributed by atoms with Gasteiger partial charge in [0.25, 0.3) is 0 Å². The third-order valence-corrected chi connectivity index (χ3v) is 3.93. The van der Waals surface area contributed by atoms with E-state index in [0.29, 0.717) is 17.5 Å². The number of hydrogen-bond acceptors (Lipinski definition) is 3. The number of benzene rings is 1. The number of esters is 1. The van der Waals surface area contributed by atoms with Gasteiger partial charge < -0.3 is 9.64 Å². The molecule has 0 aliphatic carbocycles. The van der Waals surface area contributed by atoms with Crippen molar-refractivity contribution in [3.63, 3.8) is 0 Å². The van der Waals surface area contributed by atoms with Crippen LogP contribution in [0, 0.1) is 5.92 Å². The van der Waals surface area contributed by atoms with Crippen LogP contribution in [0.25, 0.3) is 0 Å². The van der Waals surface area contributed by atoms with Gasteiger partial charge in [-0.05, 0) is 37.1 Å². The summed E-state index contributed by atoms with van der Waals surface area (Å²) in [5.41, 5.74) is 1.03. The maximum atomic E-state index is 12.1. The molecular formula is C17H25Cl2NO2. The summed E-state index contributed by atoms with van der Waals surface area (Å²) in [6.45, 7) is 5.57. The standard InChI is InChI=1S/C17H25Cl2NO2/c1-3-5-14(4-2)17(21)22-16-8-6-15(7-9-16)20(12-10-18)13-11-19/h6-9,14H,3-5,10-13H2,1-2H3. The Morgan fingerprint density at radius 1 is 1.14 bits per heavy atom. The van der Waals surface area contributed by atoms with E-state index in [1.807, 2.05) is 31.2 Å². The lowest BCUT2D eigenvalue weighted by Gasteiger charge is -2.23. The molecule has 0 fully saturated rings. The summed E-state index contributed by atoms with van der Waals surface area (Å²) in [6, 6.07) is 7.51. The first kappa shape index (κ1) is 19.1. The zero-order chi connectivity index (χ0) is 16.4. The molecule has 1 atom stereocenters. The number of alkyl halides is 2. The van der Waals surface area contributed by atoms with E-state index >= 15 is 0 Å². The molecule has 1 aromatic carbocycles. The molecule has 0 N–H and O–H groups in total. The van der Waals surface area contributed by atoms with Crippen LogP contribution in [0.5, 0.6) is 5.75 Å². The number of carbonyl (C=O) groups is 1. The minimum atomic E-state index is -0.143. The Kier molecular flexibility index (Phi) is 9.33. The average molecular weight is 346 g/mol. The average Bonchev–Trinajstić information content (AvgIpc) is 2.53. The summed E-state index contributed by atoms with van der Waals surface area (Å²) >= 11 is 11.6. The monoisotopic (exact) mass is 345 g/mol. The van der Waals surface area contributed by atoms with E-state index in [1.165, 1.54) is 0 Å². The molecule has 0 aromatic heterocycles. The topological polar surface area (TPSA) is 29.5 Å². The van der Waals surface area contributed by atoms with E-state index in [2.05, 4.69) is 11.8 Å². The molecule has 0 saturated carbocycles. The summed E-state index contributed by atoms with van der Waals surface area (Å²) < 4.78 is 5.47. The van der Waals surface area contributed by atoms with Crippen molar-refractivity contribution in [1.29, 1.82) is 0 Å². The second-order valence-corrected chi connectivity index (χ2v) is 5.93. The van der Waals surface area contributed by atoms with E-state index in [1.54, 1.807) is 0 Å². The molecule has 124 valence electrons. The minimum Gasteiger partial charge on any atom is -0.426 e. The quantitative estimate of drug-likeness (QED) is 0.349. The maximum absolute atomic E-state index is 12.1. The fourth-order valence-corrected chi connectivity index (χ4v) is 2.74. The fourth-order valence-electron chi connectivity index (χ4n) is 2.34. The summed E-state index contributed by atoms with van der Waals surface area (Å²) in [4.78, 5) is 14.2. The highest BCUT2D eigenvalue weighted by molar-refractivity contribution is 6.18. The molecule has 0 bridgehead atoms. The molecule has 0 aliphatic rings. The molecule has 1 rings (SSSR count). The van der Waals surface area contributed by atoms with Crippen LogP contribution in [0.1, 0.15) is 33.1 Å². The van der Waals surface area contributed by atoms with Gasteiger partial charge in [0, 0.05) is 30.5 Å². The van der Waals surface area contributed by atoms with Crippen molar-refractivity contribution in [2.75, 3.05) is 29.7 Å². The first-order valence-electron chi connectivity index (χ1n) is 7.84. The molecule has 5 heteroatoms. The van der Waals surface area contributed by atoms with Crippen LogP contribution in [0.15, 0.2) is 24.3 Å². The highest BCUT2D eigenvalue weighted by Crippen LogP contribution is 2.22. The predicted molar refractivity (Wildman–Crippen MR) is 94.4 cm³/mol. The molecule has 0 aliphatic heterocycles. The third kappa shape index (κ3) is 6.05. The largest absolute Gasteiger partial charge is 0.426 e. The van der Waals surface area contributed by atoms with Gasteiger partial charge in [0.2, 0.25) is 0 Å². The Morgan fingerprint density at radius 3 is 2.18 bits per heavy atom. The van der Waals surface area contributed by atoms with Gasteiger partial charge in [-0.15, -0.1) is 23.2 Å². The van der Waals surface area contributed by atoms with Crippen molar-refractivity contribution in [1.82, 2.24) is 0 Å². The van der Waals surface area contributed by atoms with Gasteiger partial charge >= 0.3 is 5.97 Å². The second-order valence-electron chi connectivity index (χ2n) is 5.17. The van der Waals surface area contributed by atoms with Crippen molar-refractivity contribution >= 4 is 34.9 Å². The van der Waals surface area contributed by atoms with Gasteiger partial charge in [0.1, 0.15) is 5.75 Å². The lowest BCUT2D eigenvalue weighted by Crippen LogP contribution is -2.27.